The SMILES string of the molecule is CCN(CC1CCC1)S(=O)(=O)c1ccccc1NN. The van der Waals surface area contributed by atoms with Crippen molar-refractivity contribution in [3.8, 4) is 0 Å². The second kappa shape index (κ2) is 5.90. The Morgan fingerprint density at radius 3 is 2.58 bits per heavy atom. The van der Waals surface area contributed by atoms with Crippen LogP contribution in [0.3, 0.4) is 0 Å². The van der Waals surface area contributed by atoms with E-state index in [4.69, 9.17) is 5.84 Å². The Morgan fingerprint density at radius 1 is 1.37 bits per heavy atom. The minimum atomic E-state index is -3.47. The van der Waals surface area contributed by atoms with Crippen LogP contribution in [0, 0.1) is 5.92 Å². The maximum absolute atomic E-state index is 12.6. The molecule has 0 amide bonds. The predicted molar refractivity (Wildman–Crippen MR) is 76.0 cm³/mol. The number of para-hydroxylation sites is 1. The van der Waals surface area contributed by atoms with E-state index in [0.29, 0.717) is 24.7 Å². The third-order valence-electron chi connectivity index (χ3n) is 3.70. The average Bonchev–Trinajstić information content (AvgIpc) is 2.37. The van der Waals surface area contributed by atoms with E-state index in [1.54, 1.807) is 28.6 Å². The average molecular weight is 283 g/mol. The van der Waals surface area contributed by atoms with E-state index in [9.17, 15) is 8.42 Å². The molecule has 0 saturated heterocycles. The maximum Gasteiger partial charge on any atom is 0.245 e. The molecular formula is C13H21N3O2S. The van der Waals surface area contributed by atoms with Crippen molar-refractivity contribution in [1.82, 2.24) is 4.31 Å². The van der Waals surface area contributed by atoms with Gasteiger partial charge in [-0.3, -0.25) is 5.84 Å². The van der Waals surface area contributed by atoms with Crippen LogP contribution in [-0.4, -0.2) is 25.8 Å². The highest BCUT2D eigenvalue weighted by Gasteiger charge is 2.29. The second-order valence-corrected chi connectivity index (χ2v) is 6.80. The molecule has 1 aromatic rings. The summed E-state index contributed by atoms with van der Waals surface area (Å²) in [5.41, 5.74) is 2.90. The van der Waals surface area contributed by atoms with Crippen LogP contribution >= 0.6 is 0 Å². The minimum Gasteiger partial charge on any atom is -0.323 e. The van der Waals surface area contributed by atoms with Crippen molar-refractivity contribution in [2.45, 2.75) is 31.1 Å². The highest BCUT2D eigenvalue weighted by atomic mass is 32.2. The summed E-state index contributed by atoms with van der Waals surface area (Å²) in [7, 11) is -3.47. The van der Waals surface area contributed by atoms with Crippen LogP contribution in [0.5, 0.6) is 0 Å². The fourth-order valence-corrected chi connectivity index (χ4v) is 3.99. The molecule has 1 aliphatic rings. The molecule has 1 saturated carbocycles. The molecule has 1 aliphatic carbocycles. The number of sulfonamides is 1. The van der Waals surface area contributed by atoms with Gasteiger partial charge in [-0.15, -0.1) is 0 Å². The van der Waals surface area contributed by atoms with Gasteiger partial charge in [0.2, 0.25) is 10.0 Å². The van der Waals surface area contributed by atoms with Gasteiger partial charge in [-0.2, -0.15) is 4.31 Å². The number of benzene rings is 1. The minimum absolute atomic E-state index is 0.249. The van der Waals surface area contributed by atoms with Crippen LogP contribution in [-0.2, 0) is 10.0 Å². The Labute approximate surface area is 114 Å². The molecular weight excluding hydrogens is 262 g/mol. The van der Waals surface area contributed by atoms with E-state index in [0.717, 1.165) is 12.8 Å². The summed E-state index contributed by atoms with van der Waals surface area (Å²) in [6.45, 7) is 2.96. The molecule has 1 aromatic carbocycles. The number of hydrogen-bond donors (Lipinski definition) is 2. The fraction of sp³-hybridized carbons (Fsp3) is 0.538. The van der Waals surface area contributed by atoms with Crippen LogP contribution in [0.1, 0.15) is 26.2 Å². The molecule has 0 unspecified atom stereocenters. The quantitative estimate of drug-likeness (QED) is 0.616. The van der Waals surface area contributed by atoms with Gasteiger partial charge in [0, 0.05) is 13.1 Å². The third kappa shape index (κ3) is 2.91. The molecule has 19 heavy (non-hydrogen) atoms. The van der Waals surface area contributed by atoms with Crippen LogP contribution in [0.25, 0.3) is 0 Å². The monoisotopic (exact) mass is 283 g/mol. The van der Waals surface area contributed by atoms with E-state index in [1.165, 1.54) is 6.42 Å². The van der Waals surface area contributed by atoms with Gasteiger partial charge in [0.05, 0.1) is 5.69 Å². The van der Waals surface area contributed by atoms with Gasteiger partial charge in [0.25, 0.3) is 0 Å². The summed E-state index contributed by atoms with van der Waals surface area (Å²) in [4.78, 5) is 0.249. The van der Waals surface area contributed by atoms with Crippen LogP contribution in [0.2, 0.25) is 0 Å². The lowest BCUT2D eigenvalue weighted by Crippen LogP contribution is -2.37. The van der Waals surface area contributed by atoms with E-state index in [-0.39, 0.29) is 4.90 Å². The molecule has 0 heterocycles. The molecule has 3 N–H and O–H groups in total. The molecule has 0 aromatic heterocycles. The normalized spacial score (nSPS) is 16.4. The first-order valence-electron chi connectivity index (χ1n) is 6.65. The van der Waals surface area contributed by atoms with Gasteiger partial charge in [0.15, 0.2) is 0 Å². The Kier molecular flexibility index (Phi) is 4.44. The number of nitrogen functional groups attached to an aromatic ring is 1. The van der Waals surface area contributed by atoms with Crippen molar-refractivity contribution < 1.29 is 8.42 Å². The van der Waals surface area contributed by atoms with Gasteiger partial charge in [-0.25, -0.2) is 8.42 Å². The molecule has 2 rings (SSSR count). The fourth-order valence-electron chi connectivity index (χ4n) is 2.31. The van der Waals surface area contributed by atoms with Crippen LogP contribution in [0.4, 0.5) is 5.69 Å². The lowest BCUT2D eigenvalue weighted by molar-refractivity contribution is 0.250. The Hall–Kier alpha value is -1.11. The molecule has 5 nitrogen and oxygen atoms in total. The van der Waals surface area contributed by atoms with Crippen LogP contribution < -0.4 is 11.3 Å². The highest BCUT2D eigenvalue weighted by molar-refractivity contribution is 7.89. The molecule has 0 radical (unpaired) electrons. The van der Waals surface area contributed by atoms with E-state index >= 15 is 0 Å². The van der Waals surface area contributed by atoms with Gasteiger partial charge in [0.1, 0.15) is 4.90 Å². The molecule has 0 aliphatic heterocycles. The first kappa shape index (κ1) is 14.3. The maximum atomic E-state index is 12.6. The number of nitrogens with two attached hydrogens (primary N) is 1. The molecule has 1 fully saturated rings. The zero-order valence-electron chi connectivity index (χ0n) is 11.2. The number of nitrogens with zero attached hydrogens (tertiary/aromatic N) is 1. The number of anilines is 1. The lowest BCUT2D eigenvalue weighted by atomic mass is 9.85. The first-order valence-corrected chi connectivity index (χ1v) is 8.09. The zero-order valence-corrected chi connectivity index (χ0v) is 12.0. The largest absolute Gasteiger partial charge is 0.323 e. The van der Waals surface area contributed by atoms with Gasteiger partial charge in [-0.05, 0) is 30.9 Å². The number of hydrazine groups is 1. The van der Waals surface area contributed by atoms with Crippen molar-refractivity contribution in [3.05, 3.63) is 24.3 Å². The molecule has 6 heteroatoms. The molecule has 0 spiro atoms. The number of nitrogens with one attached hydrogen (secondary N) is 1. The van der Waals surface area contributed by atoms with Gasteiger partial charge in [-0.1, -0.05) is 25.5 Å². The number of hydrogen-bond acceptors (Lipinski definition) is 4. The van der Waals surface area contributed by atoms with E-state index in [1.807, 2.05) is 6.92 Å². The van der Waals surface area contributed by atoms with E-state index < -0.39 is 10.0 Å². The number of rotatable bonds is 6. The summed E-state index contributed by atoms with van der Waals surface area (Å²) in [5.74, 6) is 5.90. The Balaban J connectivity index is 2.28. The third-order valence-corrected chi connectivity index (χ3v) is 5.70. The van der Waals surface area contributed by atoms with Gasteiger partial charge >= 0.3 is 0 Å². The van der Waals surface area contributed by atoms with Crippen molar-refractivity contribution in [2.75, 3.05) is 18.5 Å². The molecule has 0 atom stereocenters. The van der Waals surface area contributed by atoms with E-state index in [2.05, 4.69) is 5.43 Å². The summed E-state index contributed by atoms with van der Waals surface area (Å²) in [6.07, 6.45) is 3.47. The van der Waals surface area contributed by atoms with Crippen molar-refractivity contribution >= 4 is 15.7 Å². The molecule has 0 bridgehead atoms. The smallest absolute Gasteiger partial charge is 0.245 e. The highest BCUT2D eigenvalue weighted by Crippen LogP contribution is 2.30. The first-order chi connectivity index (χ1) is 9.09. The van der Waals surface area contributed by atoms with Crippen molar-refractivity contribution in [2.24, 2.45) is 11.8 Å². The van der Waals surface area contributed by atoms with Crippen molar-refractivity contribution in [3.63, 3.8) is 0 Å². The summed E-state index contributed by atoms with van der Waals surface area (Å²) < 4.78 is 26.8. The second-order valence-electron chi connectivity index (χ2n) is 4.89. The lowest BCUT2D eigenvalue weighted by Gasteiger charge is -2.31. The summed E-state index contributed by atoms with van der Waals surface area (Å²) >= 11 is 0. The standard InChI is InChI=1S/C13H21N3O2S/c1-2-16(10-11-6-5-7-11)19(17,18)13-9-4-3-8-12(13)15-14/h3-4,8-9,11,15H,2,5-7,10,14H2,1H3. The Morgan fingerprint density at radius 2 is 2.05 bits per heavy atom. The predicted octanol–water partition coefficient (Wildman–Crippen LogP) is 1.78. The summed E-state index contributed by atoms with van der Waals surface area (Å²) in [6, 6.07) is 6.74. The van der Waals surface area contributed by atoms with Crippen molar-refractivity contribution in [1.29, 1.82) is 0 Å². The zero-order chi connectivity index (χ0) is 13.9. The Bertz CT molecular complexity index is 526. The topological polar surface area (TPSA) is 75.4 Å². The summed E-state index contributed by atoms with van der Waals surface area (Å²) in [5, 5.41) is 0. The van der Waals surface area contributed by atoms with Crippen LogP contribution in [0.15, 0.2) is 29.2 Å². The molecule has 106 valence electrons. The van der Waals surface area contributed by atoms with Gasteiger partial charge < -0.3 is 5.43 Å².